The normalized spacial score (nSPS) is 19.0. The molecule has 0 atom stereocenters. The van der Waals surface area contributed by atoms with E-state index in [-0.39, 0.29) is 41.3 Å². The number of sulfonamides is 1. The Morgan fingerprint density at radius 1 is 1.12 bits per heavy atom. The highest BCUT2D eigenvalue weighted by atomic mass is 32.2. The molecule has 0 N–H and O–H groups in total. The number of carbonyl (C=O) groups excluding carboxylic acids is 1. The number of aromatic nitrogens is 1. The predicted octanol–water partition coefficient (Wildman–Crippen LogP) is 2.55. The minimum absolute atomic E-state index is 0.0250. The Labute approximate surface area is 186 Å². The zero-order valence-corrected chi connectivity index (χ0v) is 18.7. The molecule has 32 heavy (non-hydrogen) atoms. The van der Waals surface area contributed by atoms with Crippen LogP contribution in [0.2, 0.25) is 0 Å². The molecule has 0 spiro atoms. The number of carbonyl (C=O) groups is 1. The Bertz CT molecular complexity index is 1100. The van der Waals surface area contributed by atoms with Gasteiger partial charge < -0.3 is 14.2 Å². The second-order valence-electron chi connectivity index (χ2n) is 7.93. The van der Waals surface area contributed by atoms with E-state index in [0.29, 0.717) is 44.7 Å². The first kappa shape index (κ1) is 22.6. The van der Waals surface area contributed by atoms with Crippen molar-refractivity contribution in [3.63, 3.8) is 0 Å². The Morgan fingerprint density at radius 3 is 2.50 bits per heavy atom. The van der Waals surface area contributed by atoms with Crippen LogP contribution in [0.15, 0.2) is 33.7 Å². The van der Waals surface area contributed by atoms with E-state index in [2.05, 4.69) is 5.16 Å². The monoisotopic (exact) mass is 463 g/mol. The summed E-state index contributed by atoms with van der Waals surface area (Å²) in [5.74, 6) is -0.489. The number of nitrogens with zero attached hydrogens (tertiary/aromatic N) is 3. The van der Waals surface area contributed by atoms with E-state index in [9.17, 15) is 17.6 Å². The molecule has 172 valence electrons. The first-order chi connectivity index (χ1) is 15.4. The summed E-state index contributed by atoms with van der Waals surface area (Å²) in [5.41, 5.74) is 0.553. The SMILES string of the molecule is Cc1noc(C=Cc2ccccc2F)c1S(=O)(=O)N1CCC(C(=O)N2CCOCC2)CC1. The van der Waals surface area contributed by atoms with Crippen LogP contribution >= 0.6 is 0 Å². The lowest BCUT2D eigenvalue weighted by Crippen LogP contribution is -2.47. The Hall–Kier alpha value is -2.56. The number of hydrogen-bond acceptors (Lipinski definition) is 6. The Kier molecular flexibility index (Phi) is 6.73. The van der Waals surface area contributed by atoms with Gasteiger partial charge in [0.25, 0.3) is 0 Å². The summed E-state index contributed by atoms with van der Waals surface area (Å²) in [6.07, 6.45) is 3.79. The summed E-state index contributed by atoms with van der Waals surface area (Å²) >= 11 is 0. The van der Waals surface area contributed by atoms with Crippen molar-refractivity contribution in [2.24, 2.45) is 5.92 Å². The standard InChI is InChI=1S/C22H26FN3O5S/c1-16-21(20(31-24-16)7-6-17-4-2-3-5-19(17)23)32(28,29)26-10-8-18(9-11-26)22(27)25-12-14-30-15-13-25/h2-7,18H,8-15H2,1H3. The maximum absolute atomic E-state index is 13.9. The van der Waals surface area contributed by atoms with Crippen LogP contribution in [0.5, 0.6) is 0 Å². The lowest BCUT2D eigenvalue weighted by atomic mass is 9.96. The minimum Gasteiger partial charge on any atom is -0.378 e. The number of halogens is 1. The largest absolute Gasteiger partial charge is 0.378 e. The van der Waals surface area contributed by atoms with Gasteiger partial charge in [0, 0.05) is 37.7 Å². The van der Waals surface area contributed by atoms with Gasteiger partial charge >= 0.3 is 0 Å². The molecule has 0 radical (unpaired) electrons. The Balaban J connectivity index is 1.48. The van der Waals surface area contributed by atoms with E-state index in [1.807, 2.05) is 0 Å². The highest BCUT2D eigenvalue weighted by Crippen LogP contribution is 2.30. The summed E-state index contributed by atoms with van der Waals surface area (Å²) < 4.78 is 52.5. The molecule has 2 aromatic rings. The van der Waals surface area contributed by atoms with Gasteiger partial charge in [-0.05, 0) is 38.0 Å². The van der Waals surface area contributed by atoms with Crippen LogP contribution in [0, 0.1) is 18.7 Å². The molecule has 10 heteroatoms. The number of hydrogen-bond donors (Lipinski definition) is 0. The third-order valence-corrected chi connectivity index (χ3v) is 7.93. The van der Waals surface area contributed by atoms with Crippen LogP contribution in [0.25, 0.3) is 12.2 Å². The molecule has 1 aromatic heterocycles. The lowest BCUT2D eigenvalue weighted by molar-refractivity contribution is -0.140. The van der Waals surface area contributed by atoms with Crippen molar-refractivity contribution in [3.05, 3.63) is 47.1 Å². The maximum atomic E-state index is 13.9. The van der Waals surface area contributed by atoms with E-state index in [1.165, 1.54) is 22.5 Å². The van der Waals surface area contributed by atoms with E-state index in [1.54, 1.807) is 30.0 Å². The molecule has 2 aliphatic rings. The summed E-state index contributed by atoms with van der Waals surface area (Å²) in [6, 6.07) is 6.17. The van der Waals surface area contributed by atoms with Crippen LogP contribution in [0.3, 0.4) is 0 Å². The van der Waals surface area contributed by atoms with Gasteiger partial charge in [-0.25, -0.2) is 12.8 Å². The van der Waals surface area contributed by atoms with Gasteiger partial charge in [0.05, 0.1) is 13.2 Å². The quantitative estimate of drug-likeness (QED) is 0.677. The molecular weight excluding hydrogens is 437 g/mol. The zero-order chi connectivity index (χ0) is 22.7. The summed E-state index contributed by atoms with van der Waals surface area (Å²) in [5, 5.41) is 3.82. The summed E-state index contributed by atoms with van der Waals surface area (Å²) in [7, 11) is -3.88. The van der Waals surface area contributed by atoms with E-state index in [4.69, 9.17) is 9.26 Å². The molecule has 0 saturated carbocycles. The molecule has 2 saturated heterocycles. The van der Waals surface area contributed by atoms with Gasteiger partial charge in [0.15, 0.2) is 10.7 Å². The molecule has 3 heterocycles. The summed E-state index contributed by atoms with van der Waals surface area (Å²) in [6.45, 7) is 4.27. The van der Waals surface area contributed by atoms with Crippen LogP contribution < -0.4 is 0 Å². The van der Waals surface area contributed by atoms with Crippen LogP contribution in [-0.2, 0) is 19.6 Å². The number of benzene rings is 1. The van der Waals surface area contributed by atoms with Gasteiger partial charge in [-0.15, -0.1) is 0 Å². The smallest absolute Gasteiger partial charge is 0.248 e. The fraction of sp³-hybridized carbons (Fsp3) is 0.455. The van der Waals surface area contributed by atoms with Crippen LogP contribution in [0.1, 0.15) is 29.9 Å². The molecule has 4 rings (SSSR count). The molecule has 0 aliphatic carbocycles. The predicted molar refractivity (Wildman–Crippen MR) is 115 cm³/mol. The summed E-state index contributed by atoms with van der Waals surface area (Å²) in [4.78, 5) is 14.5. The average molecular weight is 464 g/mol. The first-order valence-corrected chi connectivity index (χ1v) is 12.1. The van der Waals surface area contributed by atoms with Crippen LogP contribution in [0.4, 0.5) is 4.39 Å². The van der Waals surface area contributed by atoms with Gasteiger partial charge in [0.2, 0.25) is 15.9 Å². The number of piperidine rings is 1. The third-order valence-electron chi connectivity index (χ3n) is 5.88. The van der Waals surface area contributed by atoms with Crippen molar-refractivity contribution in [1.82, 2.24) is 14.4 Å². The molecule has 0 unspecified atom stereocenters. The minimum atomic E-state index is -3.88. The molecule has 0 bridgehead atoms. The van der Waals surface area contributed by atoms with Gasteiger partial charge in [0.1, 0.15) is 11.5 Å². The van der Waals surface area contributed by atoms with E-state index < -0.39 is 15.8 Å². The highest BCUT2D eigenvalue weighted by Gasteiger charge is 2.37. The Morgan fingerprint density at radius 2 is 1.81 bits per heavy atom. The van der Waals surface area contributed by atoms with Gasteiger partial charge in [-0.2, -0.15) is 4.31 Å². The zero-order valence-electron chi connectivity index (χ0n) is 17.9. The van der Waals surface area contributed by atoms with Crippen molar-refractivity contribution in [2.75, 3.05) is 39.4 Å². The fourth-order valence-electron chi connectivity index (χ4n) is 4.09. The second-order valence-corrected chi connectivity index (χ2v) is 9.81. The average Bonchev–Trinajstić information content (AvgIpc) is 3.20. The number of rotatable bonds is 5. The molecule has 1 amide bonds. The van der Waals surface area contributed by atoms with Crippen LogP contribution in [-0.4, -0.2) is 68.1 Å². The highest BCUT2D eigenvalue weighted by molar-refractivity contribution is 7.89. The number of amides is 1. The first-order valence-electron chi connectivity index (χ1n) is 10.6. The van der Waals surface area contributed by atoms with Crippen molar-refractivity contribution in [3.8, 4) is 0 Å². The molecule has 2 aliphatic heterocycles. The van der Waals surface area contributed by atoms with Crippen molar-refractivity contribution in [1.29, 1.82) is 0 Å². The van der Waals surface area contributed by atoms with Crippen molar-refractivity contribution in [2.45, 2.75) is 24.7 Å². The number of aryl methyl sites for hydroxylation is 1. The fourth-order valence-corrected chi connectivity index (χ4v) is 5.81. The number of morpholine rings is 1. The topological polar surface area (TPSA) is 93.0 Å². The number of ether oxygens (including phenoxy) is 1. The van der Waals surface area contributed by atoms with Crippen molar-refractivity contribution < 1.29 is 26.9 Å². The molecule has 1 aromatic carbocycles. The van der Waals surface area contributed by atoms with Gasteiger partial charge in [-0.3, -0.25) is 4.79 Å². The molecular formula is C22H26FN3O5S. The van der Waals surface area contributed by atoms with Crippen molar-refractivity contribution >= 4 is 28.1 Å². The maximum Gasteiger partial charge on any atom is 0.248 e. The van der Waals surface area contributed by atoms with E-state index in [0.717, 1.165) is 0 Å². The third kappa shape index (κ3) is 4.62. The second kappa shape index (κ2) is 9.51. The van der Waals surface area contributed by atoms with Gasteiger partial charge in [-0.1, -0.05) is 23.4 Å². The molecule has 8 nitrogen and oxygen atoms in total. The van der Waals surface area contributed by atoms with E-state index >= 15 is 0 Å². The molecule has 2 fully saturated rings. The lowest BCUT2D eigenvalue weighted by Gasteiger charge is -2.35.